The molecule has 3 aromatic rings. The molecule has 0 saturated heterocycles. The molecule has 0 aliphatic rings. The average Bonchev–Trinajstić information content (AvgIpc) is 4.43. The molecule has 0 aromatic carbocycles. The molecule has 0 aliphatic carbocycles. The zero-order chi connectivity index (χ0) is 66.8. The smallest absolute Gasteiger partial charge is 0.328 e. The number of Topliss-reactive ketones (excluding diaryl/α,β-unsaturated/α-hetero) is 4. The molecule has 5 atom stereocenters. The number of carboxylic acid groups (broad SMARTS) is 1. The van der Waals surface area contributed by atoms with Crippen LogP contribution in [0.3, 0.4) is 0 Å². The largest absolute Gasteiger partial charge is 0.478 e. The van der Waals surface area contributed by atoms with Crippen molar-refractivity contribution in [2.24, 2.45) is 23.7 Å². The number of aliphatic hydroxyl groups excluding tert-OH is 3. The summed E-state index contributed by atoms with van der Waals surface area (Å²) >= 11 is 0. The fraction of sp³-hybridized carbons (Fsp3) is 0.618. The monoisotopic (exact) mass is 1220 g/mol. The molecule has 5 unspecified atom stereocenters. The van der Waals surface area contributed by atoms with Gasteiger partial charge in [-0.25, -0.2) is 4.79 Å². The van der Waals surface area contributed by atoms with Crippen molar-refractivity contribution >= 4 is 52.7 Å². The highest BCUT2D eigenvalue weighted by Gasteiger charge is 2.20. The third kappa shape index (κ3) is 55.7. The summed E-state index contributed by atoms with van der Waals surface area (Å²) in [6.07, 6.45) is 26.6. The van der Waals surface area contributed by atoms with Crippen molar-refractivity contribution in [3.8, 4) is 0 Å². The fourth-order valence-electron chi connectivity index (χ4n) is 6.47. The second-order valence-corrected chi connectivity index (χ2v) is 20.6. The number of furan rings is 3. The van der Waals surface area contributed by atoms with Crippen LogP contribution in [0, 0.1) is 23.7 Å². The maximum atomic E-state index is 11.1. The molecule has 0 saturated carbocycles. The Bertz CT molecular complexity index is 2200. The van der Waals surface area contributed by atoms with Gasteiger partial charge in [-0.15, -0.1) is 0 Å². The summed E-state index contributed by atoms with van der Waals surface area (Å²) < 4.78 is 24.9. The number of carboxylic acids is 1. The van der Waals surface area contributed by atoms with E-state index in [1.165, 1.54) is 91.6 Å². The van der Waals surface area contributed by atoms with Crippen LogP contribution in [0.1, 0.15) is 236 Å². The molecule has 18 heteroatoms. The molecule has 0 bridgehead atoms. The highest BCUT2D eigenvalue weighted by atomic mass is 16.7. The van der Waals surface area contributed by atoms with Crippen molar-refractivity contribution in [3.63, 3.8) is 0 Å². The zero-order valence-electron chi connectivity index (χ0n) is 55.4. The first-order chi connectivity index (χ1) is 40.7. The average molecular weight is 1220 g/mol. The Kier molecular flexibility index (Phi) is 62.3. The Hall–Kier alpha value is -6.18. The van der Waals surface area contributed by atoms with Crippen LogP contribution in [0.15, 0.2) is 98.3 Å². The van der Waals surface area contributed by atoms with Gasteiger partial charge in [-0.2, -0.15) is 0 Å². The van der Waals surface area contributed by atoms with Crippen molar-refractivity contribution in [2.45, 2.75) is 225 Å². The highest BCUT2D eigenvalue weighted by Crippen LogP contribution is 2.24. The molecule has 86 heavy (non-hydrogen) atoms. The van der Waals surface area contributed by atoms with Gasteiger partial charge < -0.3 is 53.3 Å². The predicted octanol–water partition coefficient (Wildman–Crippen LogP) is 14.6. The number of hydrogen-bond acceptors (Lipinski definition) is 16. The third-order valence-electron chi connectivity index (χ3n) is 12.8. The number of carbonyl (C=O) groups excluding carboxylic acids is 7. The summed E-state index contributed by atoms with van der Waals surface area (Å²) in [7, 11) is 3.07. The lowest BCUT2D eigenvalue weighted by Gasteiger charge is -2.13. The summed E-state index contributed by atoms with van der Waals surface area (Å²) in [5, 5.41) is 37.9. The van der Waals surface area contributed by atoms with Crippen molar-refractivity contribution in [1.82, 2.24) is 5.32 Å². The lowest BCUT2D eigenvalue weighted by atomic mass is 9.90. The lowest BCUT2D eigenvalue weighted by Crippen LogP contribution is -2.33. The molecule has 3 aromatic heterocycles. The van der Waals surface area contributed by atoms with Crippen LogP contribution in [0.4, 0.5) is 0 Å². The topological polar surface area (TPSA) is 287 Å². The third-order valence-corrected chi connectivity index (χ3v) is 12.8. The van der Waals surface area contributed by atoms with E-state index < -0.39 is 18.2 Å². The van der Waals surface area contributed by atoms with Gasteiger partial charge in [0.15, 0.2) is 23.6 Å². The van der Waals surface area contributed by atoms with E-state index in [1.807, 2.05) is 40.7 Å². The maximum Gasteiger partial charge on any atom is 0.328 e. The van der Waals surface area contributed by atoms with Crippen molar-refractivity contribution < 1.29 is 81.5 Å². The second-order valence-electron chi connectivity index (χ2n) is 20.6. The van der Waals surface area contributed by atoms with Crippen molar-refractivity contribution in [1.29, 1.82) is 0 Å². The van der Waals surface area contributed by atoms with Crippen molar-refractivity contribution in [2.75, 3.05) is 27.4 Å². The Morgan fingerprint density at radius 3 is 1.43 bits per heavy atom. The van der Waals surface area contributed by atoms with Crippen LogP contribution >= 0.6 is 0 Å². The normalized spacial score (nSPS) is 12.3. The van der Waals surface area contributed by atoms with E-state index in [-0.39, 0.29) is 71.4 Å². The minimum atomic E-state index is -1.09. The van der Waals surface area contributed by atoms with E-state index in [9.17, 15) is 48.6 Å². The first kappa shape index (κ1) is 88.6. The predicted molar refractivity (Wildman–Crippen MR) is 341 cm³/mol. The summed E-state index contributed by atoms with van der Waals surface area (Å²) in [6, 6.07) is 10.8. The number of amides is 1. The fourth-order valence-corrected chi connectivity index (χ4v) is 6.47. The Morgan fingerprint density at radius 2 is 1.07 bits per heavy atom. The van der Waals surface area contributed by atoms with E-state index in [0.29, 0.717) is 49.5 Å². The van der Waals surface area contributed by atoms with Crippen LogP contribution in [-0.2, 0) is 47.8 Å². The maximum absolute atomic E-state index is 11.1. The van der Waals surface area contributed by atoms with E-state index >= 15 is 0 Å². The van der Waals surface area contributed by atoms with E-state index in [4.69, 9.17) is 32.9 Å². The molecule has 0 aliphatic heterocycles. The number of methoxy groups -OCH3 is 2. The molecule has 3 heterocycles. The van der Waals surface area contributed by atoms with Gasteiger partial charge in [-0.1, -0.05) is 140 Å². The van der Waals surface area contributed by atoms with Gasteiger partial charge in [0.1, 0.15) is 46.8 Å². The summed E-state index contributed by atoms with van der Waals surface area (Å²) in [4.78, 5) is 84.7. The molecular formula is C68H113NO17. The Balaban J connectivity index is -0.000000292. The van der Waals surface area contributed by atoms with Gasteiger partial charge in [-0.3, -0.25) is 28.8 Å². The van der Waals surface area contributed by atoms with Crippen LogP contribution in [0.25, 0.3) is 6.08 Å². The number of nitrogens with one attached hydrogen (secondary N) is 1. The number of aliphatic hydroxyl groups is 3. The molecule has 492 valence electrons. The molecular weight excluding hydrogens is 1100 g/mol. The Morgan fingerprint density at radius 1 is 0.581 bits per heavy atom. The summed E-state index contributed by atoms with van der Waals surface area (Å²) in [6.45, 7) is 27.9. The van der Waals surface area contributed by atoms with Gasteiger partial charge in [-0.05, 0) is 113 Å². The van der Waals surface area contributed by atoms with Gasteiger partial charge in [0.2, 0.25) is 5.91 Å². The molecule has 3 rings (SSSR count). The first-order valence-corrected chi connectivity index (χ1v) is 30.4. The molecule has 0 radical (unpaired) electrons. The van der Waals surface area contributed by atoms with Crippen LogP contribution in [0.2, 0.25) is 0 Å². The highest BCUT2D eigenvalue weighted by molar-refractivity contribution is 5.98. The Labute approximate surface area is 516 Å². The second kappa shape index (κ2) is 60.5. The van der Waals surface area contributed by atoms with Gasteiger partial charge >= 0.3 is 5.97 Å². The summed E-state index contributed by atoms with van der Waals surface area (Å²) in [5.41, 5.74) is 0.743. The first-order valence-electron chi connectivity index (χ1n) is 30.4. The van der Waals surface area contributed by atoms with E-state index in [1.54, 1.807) is 96.7 Å². The minimum Gasteiger partial charge on any atom is -0.478 e. The van der Waals surface area contributed by atoms with Crippen molar-refractivity contribution in [3.05, 3.63) is 102 Å². The lowest BCUT2D eigenvalue weighted by molar-refractivity contribution is -0.131. The summed E-state index contributed by atoms with van der Waals surface area (Å²) in [5.74, 6) is 1.78. The minimum absolute atomic E-state index is 0.00380. The van der Waals surface area contributed by atoms with Gasteiger partial charge in [0, 0.05) is 64.2 Å². The molecule has 0 fully saturated rings. The molecule has 18 nitrogen and oxygen atoms in total. The number of unbranched alkanes of at least 4 members (excludes halogenated alkanes) is 8. The molecule has 1 amide bonds. The van der Waals surface area contributed by atoms with Crippen LogP contribution < -0.4 is 5.32 Å². The van der Waals surface area contributed by atoms with Crippen LogP contribution in [-0.4, -0.2) is 101 Å². The number of carbonyl (C=O) groups is 8. The van der Waals surface area contributed by atoms with Crippen LogP contribution in [0.5, 0.6) is 0 Å². The number of rotatable bonds is 33. The quantitative estimate of drug-likeness (QED) is 0.0215. The SMILES string of the molecule is CC(=O)C(C)C(C)C(C)=O.CC(C)C(O)c1ccco1.CCC(=O)/C(C)=C/c1ccco1.CCC(=O)/C=C/C(=O)O.CCC(=O)NCC(OC)OC.CCC(C)C(O)c1ccco1.CCCC(=O)/C=C/CO.CCCCCCCCCCCC(C)=O. The van der Waals surface area contributed by atoms with E-state index in [0.717, 1.165) is 49.2 Å². The van der Waals surface area contributed by atoms with Gasteiger partial charge in [0.05, 0.1) is 31.9 Å². The number of allylic oxidation sites excluding steroid dienone is 3. The number of ketones is 6. The molecule has 0 spiro atoms. The number of aliphatic carboxylic acids is 1. The molecule has 5 N–H and O–H groups in total. The number of ether oxygens (including phenoxy) is 2. The van der Waals surface area contributed by atoms with E-state index in [2.05, 4.69) is 19.2 Å². The standard InChI is InChI=1S/C13H26O.C10H12O2.C9H14O2.C8H12O2.C8H14O2.C7H15NO3.C7H12O2.C6H8O3/c1-3-4-5-6-7-8-9-10-11-12-13(2)14;1-3-10(11)8(2)7-9-5-4-6-12-9;1-3-7(2)9(10)8-5-4-6-11-8;1-6(2)8(9)7-4-3-5-10-7;1-5(7(3)9)6(2)8(4)10;1-4-6(9)8-5-7(10-2)11-3;1-2-4-7(9)5-3-6-8;1-2-5(7)3-4-6(8)9/h3-12H2,1-2H3;4-7H,3H2,1-2H3;4-7,9-10H,3H2,1-2H3;3-6,8-9H,1-2H3;5-6H,1-4H3;7H,4-5H2,1-3H3,(H,8,9);3,5,8H,2,4,6H2,1H3;3-4H,2H2,1H3,(H,8,9)/b;8-7+;;;;;5-3+;4-3+. The van der Waals surface area contributed by atoms with Gasteiger partial charge in [0.25, 0.3) is 0 Å². The number of hydrogen-bond donors (Lipinski definition) is 5. The zero-order valence-corrected chi connectivity index (χ0v) is 55.4.